The highest BCUT2D eigenvalue weighted by Crippen LogP contribution is 2.28. The normalized spacial score (nSPS) is 13.4. The van der Waals surface area contributed by atoms with Crippen molar-refractivity contribution in [3.63, 3.8) is 0 Å². The van der Waals surface area contributed by atoms with Gasteiger partial charge in [0.05, 0.1) is 6.10 Å². The highest BCUT2D eigenvalue weighted by atomic mass is 16.5. The Balaban J connectivity index is 2.66. The molecule has 1 aromatic carbocycles. The van der Waals surface area contributed by atoms with Crippen molar-refractivity contribution in [3.8, 4) is 0 Å². The molecule has 0 saturated carbocycles. The molecule has 1 heteroatoms. The van der Waals surface area contributed by atoms with Gasteiger partial charge < -0.3 is 4.74 Å². The molecule has 0 bridgehead atoms. The molecule has 0 radical (unpaired) electrons. The summed E-state index contributed by atoms with van der Waals surface area (Å²) in [5.74, 6) is 0. The van der Waals surface area contributed by atoms with Gasteiger partial charge in [-0.15, -0.1) is 0 Å². The molecule has 0 spiro atoms. The van der Waals surface area contributed by atoms with E-state index in [0.717, 1.165) is 13.0 Å². The van der Waals surface area contributed by atoms with Gasteiger partial charge in [-0.1, -0.05) is 77.6 Å². The summed E-state index contributed by atoms with van der Waals surface area (Å²) in [6.07, 6.45) is 6.62. The van der Waals surface area contributed by atoms with Gasteiger partial charge in [-0.2, -0.15) is 0 Å². The van der Waals surface area contributed by atoms with Crippen LogP contribution in [0, 0.1) is 0 Å². The second kappa shape index (κ2) is 8.46. The molecule has 1 aromatic rings. The van der Waals surface area contributed by atoms with Crippen LogP contribution < -0.4 is 0 Å². The topological polar surface area (TPSA) is 9.23 Å². The van der Waals surface area contributed by atoms with Gasteiger partial charge in [-0.3, -0.25) is 0 Å². The molecule has 1 unspecified atom stereocenters. The van der Waals surface area contributed by atoms with Gasteiger partial charge in [0.2, 0.25) is 0 Å². The number of benzene rings is 1. The molecule has 20 heavy (non-hydrogen) atoms. The first kappa shape index (κ1) is 17.2. The van der Waals surface area contributed by atoms with E-state index in [2.05, 4.69) is 58.9 Å². The molecule has 0 amide bonds. The van der Waals surface area contributed by atoms with Crippen LogP contribution in [0.3, 0.4) is 0 Å². The number of rotatable bonds is 8. The number of unbranched alkanes of at least 4 members (excludes halogenated alkanes) is 3. The molecule has 1 nitrogen and oxygen atoms in total. The summed E-state index contributed by atoms with van der Waals surface area (Å²) in [7, 11) is 0. The van der Waals surface area contributed by atoms with Crippen LogP contribution in [0.1, 0.15) is 84.0 Å². The lowest BCUT2D eigenvalue weighted by Crippen LogP contribution is -2.11. The Hall–Kier alpha value is -0.820. The first-order valence-electron chi connectivity index (χ1n) is 8.21. The highest BCUT2D eigenvalue weighted by molar-refractivity contribution is 5.28. The third-order valence-electron chi connectivity index (χ3n) is 3.84. The summed E-state index contributed by atoms with van der Waals surface area (Å²) >= 11 is 0. The second-order valence-corrected chi connectivity index (χ2v) is 6.67. The van der Waals surface area contributed by atoms with E-state index in [9.17, 15) is 0 Å². The van der Waals surface area contributed by atoms with Crippen molar-refractivity contribution in [1.82, 2.24) is 0 Å². The summed E-state index contributed by atoms with van der Waals surface area (Å²) in [5, 5.41) is 0. The fraction of sp³-hybridized carbons (Fsp3) is 0.684. The van der Waals surface area contributed by atoms with Crippen LogP contribution in [0.2, 0.25) is 0 Å². The lowest BCUT2D eigenvalue weighted by molar-refractivity contribution is 0.0542. The van der Waals surface area contributed by atoms with E-state index in [0.29, 0.717) is 0 Å². The minimum absolute atomic E-state index is 0.223. The average molecular weight is 276 g/mol. The predicted octanol–water partition coefficient (Wildman–Crippen LogP) is 6.03. The maximum Gasteiger partial charge on any atom is 0.0824 e. The fourth-order valence-electron chi connectivity index (χ4n) is 2.50. The van der Waals surface area contributed by atoms with E-state index in [1.807, 2.05) is 0 Å². The highest BCUT2D eigenvalue weighted by Gasteiger charge is 2.15. The fourth-order valence-corrected chi connectivity index (χ4v) is 2.50. The Bertz CT molecular complexity index is 358. The maximum absolute atomic E-state index is 5.93. The molecular weight excluding hydrogens is 244 g/mol. The van der Waals surface area contributed by atoms with E-state index in [4.69, 9.17) is 4.74 Å². The summed E-state index contributed by atoms with van der Waals surface area (Å²) in [4.78, 5) is 0. The quantitative estimate of drug-likeness (QED) is 0.526. The van der Waals surface area contributed by atoms with E-state index < -0.39 is 0 Å². The molecule has 1 rings (SSSR count). The van der Waals surface area contributed by atoms with Gasteiger partial charge in [0.1, 0.15) is 0 Å². The molecule has 0 aliphatic carbocycles. The lowest BCUT2D eigenvalue weighted by Gasteiger charge is -2.22. The first-order chi connectivity index (χ1) is 9.49. The van der Waals surface area contributed by atoms with E-state index >= 15 is 0 Å². The minimum atomic E-state index is 0.223. The van der Waals surface area contributed by atoms with Crippen molar-refractivity contribution in [3.05, 3.63) is 35.4 Å². The SMILES string of the molecule is CCCCCCC(OCC)c1ccc(C(C)(C)C)cc1. The number of hydrogen-bond donors (Lipinski definition) is 0. The molecule has 0 aromatic heterocycles. The molecule has 0 N–H and O–H groups in total. The van der Waals surface area contributed by atoms with Gasteiger partial charge in [0.25, 0.3) is 0 Å². The van der Waals surface area contributed by atoms with E-state index in [1.54, 1.807) is 0 Å². The van der Waals surface area contributed by atoms with E-state index in [-0.39, 0.29) is 11.5 Å². The summed E-state index contributed by atoms with van der Waals surface area (Å²) in [6, 6.07) is 9.02. The van der Waals surface area contributed by atoms with Crippen molar-refractivity contribution < 1.29 is 4.74 Å². The van der Waals surface area contributed by atoms with Crippen molar-refractivity contribution in [2.45, 2.75) is 78.2 Å². The van der Waals surface area contributed by atoms with Gasteiger partial charge in [-0.05, 0) is 29.9 Å². The van der Waals surface area contributed by atoms with Crippen LogP contribution in [0.5, 0.6) is 0 Å². The number of ether oxygens (including phenoxy) is 1. The summed E-state index contributed by atoms with van der Waals surface area (Å²) in [5.41, 5.74) is 2.94. The Morgan fingerprint density at radius 3 is 2.10 bits per heavy atom. The predicted molar refractivity (Wildman–Crippen MR) is 88.3 cm³/mol. The van der Waals surface area contributed by atoms with Gasteiger partial charge in [0, 0.05) is 6.61 Å². The van der Waals surface area contributed by atoms with Crippen LogP contribution in [-0.2, 0) is 10.2 Å². The molecule has 0 saturated heterocycles. The molecular formula is C19H32O. The Morgan fingerprint density at radius 1 is 0.950 bits per heavy atom. The zero-order valence-electron chi connectivity index (χ0n) is 14.0. The van der Waals surface area contributed by atoms with Gasteiger partial charge in [0.15, 0.2) is 0 Å². The Kier molecular flexibility index (Phi) is 7.29. The van der Waals surface area contributed by atoms with Crippen LogP contribution in [0.4, 0.5) is 0 Å². The van der Waals surface area contributed by atoms with Gasteiger partial charge >= 0.3 is 0 Å². The monoisotopic (exact) mass is 276 g/mol. The molecule has 114 valence electrons. The zero-order chi connectivity index (χ0) is 15.0. The maximum atomic E-state index is 5.93. The van der Waals surface area contributed by atoms with Gasteiger partial charge in [-0.25, -0.2) is 0 Å². The molecule has 0 heterocycles. The van der Waals surface area contributed by atoms with Crippen LogP contribution >= 0.6 is 0 Å². The van der Waals surface area contributed by atoms with Crippen LogP contribution in [-0.4, -0.2) is 6.61 Å². The zero-order valence-corrected chi connectivity index (χ0v) is 14.0. The molecule has 0 aliphatic heterocycles. The van der Waals surface area contributed by atoms with Crippen molar-refractivity contribution in [2.24, 2.45) is 0 Å². The second-order valence-electron chi connectivity index (χ2n) is 6.67. The summed E-state index contributed by atoms with van der Waals surface area (Å²) in [6.45, 7) is 11.9. The minimum Gasteiger partial charge on any atom is -0.374 e. The van der Waals surface area contributed by atoms with Crippen molar-refractivity contribution in [1.29, 1.82) is 0 Å². The van der Waals surface area contributed by atoms with Crippen LogP contribution in [0.15, 0.2) is 24.3 Å². The molecule has 1 atom stereocenters. The Labute approximate surface area is 125 Å². The smallest absolute Gasteiger partial charge is 0.0824 e. The average Bonchev–Trinajstić information content (AvgIpc) is 2.41. The van der Waals surface area contributed by atoms with Crippen LogP contribution in [0.25, 0.3) is 0 Å². The van der Waals surface area contributed by atoms with Crippen molar-refractivity contribution in [2.75, 3.05) is 6.61 Å². The third-order valence-corrected chi connectivity index (χ3v) is 3.84. The lowest BCUT2D eigenvalue weighted by atomic mass is 9.86. The van der Waals surface area contributed by atoms with Crippen molar-refractivity contribution >= 4 is 0 Å². The Morgan fingerprint density at radius 2 is 1.60 bits per heavy atom. The van der Waals surface area contributed by atoms with E-state index in [1.165, 1.54) is 36.8 Å². The third kappa shape index (κ3) is 5.66. The molecule has 0 aliphatic rings. The first-order valence-corrected chi connectivity index (χ1v) is 8.21. The molecule has 0 fully saturated rings. The summed E-state index contributed by atoms with van der Waals surface area (Å²) < 4.78 is 5.93. The number of hydrogen-bond acceptors (Lipinski definition) is 1. The standard InChI is InChI=1S/C19H32O/c1-6-8-9-10-11-18(20-7-2)16-12-14-17(15-13-16)19(3,4)5/h12-15,18H,6-11H2,1-5H3. The largest absolute Gasteiger partial charge is 0.374 e.